The highest BCUT2D eigenvalue weighted by atomic mass is 35.5. The molecule has 0 aliphatic carbocycles. The Balaban J connectivity index is 1.90. The van der Waals surface area contributed by atoms with E-state index in [1.54, 1.807) is 24.1 Å². The Morgan fingerprint density at radius 3 is 3.00 bits per heavy atom. The number of nitrogens with zero attached hydrogens (tertiary/aromatic N) is 2. The molecule has 0 bridgehead atoms. The molecule has 1 fully saturated rings. The van der Waals surface area contributed by atoms with Gasteiger partial charge in [0.25, 0.3) is 0 Å². The number of hydrogen-bond acceptors (Lipinski definition) is 4. The molecule has 122 valence electrons. The van der Waals surface area contributed by atoms with E-state index < -0.39 is 5.97 Å². The van der Waals surface area contributed by atoms with Crippen LogP contribution in [0.15, 0.2) is 18.2 Å². The van der Waals surface area contributed by atoms with Gasteiger partial charge in [-0.25, -0.2) is 0 Å². The lowest BCUT2D eigenvalue weighted by molar-refractivity contribution is -0.138. The van der Waals surface area contributed by atoms with Crippen molar-refractivity contribution < 1.29 is 14.6 Å². The van der Waals surface area contributed by atoms with E-state index in [-0.39, 0.29) is 12.6 Å². The van der Waals surface area contributed by atoms with Crippen LogP contribution < -0.4 is 0 Å². The molecule has 1 N–H and O–H groups in total. The van der Waals surface area contributed by atoms with Crippen LogP contribution in [0.3, 0.4) is 0 Å². The van der Waals surface area contributed by atoms with Crippen LogP contribution >= 0.6 is 23.2 Å². The minimum atomic E-state index is -0.833. The second-order valence-electron chi connectivity index (χ2n) is 5.55. The number of hydrogen-bond donors (Lipinski definition) is 1. The van der Waals surface area contributed by atoms with Crippen molar-refractivity contribution in [2.75, 3.05) is 39.8 Å². The summed E-state index contributed by atoms with van der Waals surface area (Å²) in [5.74, 6) is -0.833. The molecule has 1 atom stereocenters. The predicted octanol–water partition coefficient (Wildman–Crippen LogP) is 2.21. The average molecular weight is 347 g/mol. The zero-order valence-electron chi connectivity index (χ0n) is 12.5. The van der Waals surface area contributed by atoms with Gasteiger partial charge in [-0.2, -0.15) is 0 Å². The summed E-state index contributed by atoms with van der Waals surface area (Å²) in [6, 6.07) is 5.46. The van der Waals surface area contributed by atoms with Gasteiger partial charge in [0.05, 0.1) is 19.3 Å². The van der Waals surface area contributed by atoms with E-state index in [1.807, 2.05) is 6.07 Å². The summed E-state index contributed by atoms with van der Waals surface area (Å²) in [5.41, 5.74) is 0.994. The minimum absolute atomic E-state index is 0.00365. The van der Waals surface area contributed by atoms with Crippen molar-refractivity contribution in [3.05, 3.63) is 33.8 Å². The number of benzene rings is 1. The molecule has 0 radical (unpaired) electrons. The number of morpholine rings is 1. The molecule has 1 aliphatic rings. The molecule has 1 saturated heterocycles. The molecule has 1 aromatic carbocycles. The van der Waals surface area contributed by atoms with Gasteiger partial charge in [0.2, 0.25) is 0 Å². The maximum atomic E-state index is 10.7. The summed E-state index contributed by atoms with van der Waals surface area (Å²) in [5, 5.41) is 10.2. The van der Waals surface area contributed by atoms with E-state index in [9.17, 15) is 4.79 Å². The zero-order valence-corrected chi connectivity index (χ0v) is 14.0. The minimum Gasteiger partial charge on any atom is -0.480 e. The SMILES string of the molecule is CN(CC(=O)O)CC1CN(Cc2cc(Cl)ccc2Cl)CCO1. The van der Waals surface area contributed by atoms with E-state index in [0.717, 1.165) is 18.7 Å². The number of carboxylic acid groups (broad SMARTS) is 1. The maximum Gasteiger partial charge on any atom is 0.317 e. The number of aliphatic carboxylic acids is 1. The molecule has 0 spiro atoms. The summed E-state index contributed by atoms with van der Waals surface area (Å²) in [6.07, 6.45) is -0.00365. The third kappa shape index (κ3) is 5.41. The molecule has 2 rings (SSSR count). The van der Waals surface area contributed by atoms with E-state index in [2.05, 4.69) is 4.90 Å². The fourth-order valence-corrected chi connectivity index (χ4v) is 2.95. The van der Waals surface area contributed by atoms with Crippen LogP contribution in [-0.4, -0.2) is 66.8 Å². The second kappa shape index (κ2) is 8.13. The summed E-state index contributed by atoms with van der Waals surface area (Å²) < 4.78 is 5.72. The Kier molecular flexibility index (Phi) is 6.47. The summed E-state index contributed by atoms with van der Waals surface area (Å²) in [7, 11) is 1.78. The highest BCUT2D eigenvalue weighted by molar-refractivity contribution is 6.33. The van der Waals surface area contributed by atoms with Crippen molar-refractivity contribution in [1.29, 1.82) is 0 Å². The molecular formula is C15H20Cl2N2O3. The van der Waals surface area contributed by atoms with Crippen LogP contribution in [-0.2, 0) is 16.1 Å². The van der Waals surface area contributed by atoms with E-state index in [0.29, 0.717) is 29.7 Å². The molecule has 22 heavy (non-hydrogen) atoms. The Bertz CT molecular complexity index is 528. The number of ether oxygens (including phenoxy) is 1. The first-order valence-corrected chi connectivity index (χ1v) is 7.88. The Hall–Kier alpha value is -0.850. The van der Waals surface area contributed by atoms with Gasteiger partial charge < -0.3 is 9.84 Å². The van der Waals surface area contributed by atoms with Crippen LogP contribution in [0.2, 0.25) is 10.0 Å². The molecule has 1 heterocycles. The zero-order chi connectivity index (χ0) is 16.1. The van der Waals surface area contributed by atoms with Gasteiger partial charge in [0.1, 0.15) is 0 Å². The Morgan fingerprint density at radius 2 is 2.27 bits per heavy atom. The van der Waals surface area contributed by atoms with Gasteiger partial charge >= 0.3 is 5.97 Å². The molecule has 5 nitrogen and oxygen atoms in total. The Morgan fingerprint density at radius 1 is 1.50 bits per heavy atom. The lowest BCUT2D eigenvalue weighted by Crippen LogP contribution is -2.47. The van der Waals surface area contributed by atoms with Gasteiger partial charge in [0, 0.05) is 36.2 Å². The van der Waals surface area contributed by atoms with E-state index >= 15 is 0 Å². The smallest absolute Gasteiger partial charge is 0.317 e. The van der Waals surface area contributed by atoms with Crippen molar-refractivity contribution in [3.8, 4) is 0 Å². The number of carbonyl (C=O) groups is 1. The molecule has 0 saturated carbocycles. The van der Waals surface area contributed by atoms with Gasteiger partial charge in [-0.15, -0.1) is 0 Å². The molecule has 1 aliphatic heterocycles. The number of likely N-dealkylation sites (N-methyl/N-ethyl adjacent to an activating group) is 1. The van der Waals surface area contributed by atoms with Crippen molar-refractivity contribution >= 4 is 29.2 Å². The summed E-state index contributed by atoms with van der Waals surface area (Å²) in [6.45, 7) is 3.51. The molecule has 1 aromatic rings. The first-order valence-electron chi connectivity index (χ1n) is 7.12. The number of rotatable bonds is 6. The quantitative estimate of drug-likeness (QED) is 0.855. The lowest BCUT2D eigenvalue weighted by atomic mass is 10.2. The highest BCUT2D eigenvalue weighted by Gasteiger charge is 2.23. The van der Waals surface area contributed by atoms with Crippen molar-refractivity contribution in [2.45, 2.75) is 12.6 Å². The normalized spacial score (nSPS) is 19.5. The molecule has 7 heteroatoms. The van der Waals surface area contributed by atoms with Crippen molar-refractivity contribution in [1.82, 2.24) is 9.80 Å². The molecule has 0 aromatic heterocycles. The Labute approximate surface area is 140 Å². The number of halogens is 2. The highest BCUT2D eigenvalue weighted by Crippen LogP contribution is 2.23. The van der Waals surface area contributed by atoms with Gasteiger partial charge in [-0.3, -0.25) is 14.6 Å². The van der Waals surface area contributed by atoms with Crippen LogP contribution in [0, 0.1) is 0 Å². The molecule has 0 amide bonds. The average Bonchev–Trinajstić information content (AvgIpc) is 2.42. The van der Waals surface area contributed by atoms with Crippen LogP contribution in [0.4, 0.5) is 0 Å². The first kappa shape index (κ1) is 17.5. The predicted molar refractivity (Wildman–Crippen MR) is 86.6 cm³/mol. The van der Waals surface area contributed by atoms with Crippen molar-refractivity contribution in [2.24, 2.45) is 0 Å². The van der Waals surface area contributed by atoms with E-state index in [1.165, 1.54) is 0 Å². The lowest BCUT2D eigenvalue weighted by Gasteiger charge is -2.34. The second-order valence-corrected chi connectivity index (χ2v) is 6.40. The molecular weight excluding hydrogens is 327 g/mol. The summed E-state index contributed by atoms with van der Waals surface area (Å²) >= 11 is 12.2. The molecule has 1 unspecified atom stereocenters. The maximum absolute atomic E-state index is 10.7. The van der Waals surface area contributed by atoms with Crippen molar-refractivity contribution in [3.63, 3.8) is 0 Å². The standard InChI is InChI=1S/C15H20Cl2N2O3/c1-18(10-15(20)21)8-13-9-19(4-5-22-13)7-11-6-12(16)2-3-14(11)17/h2-3,6,13H,4-5,7-10H2,1H3,(H,20,21). The third-order valence-corrected chi connectivity index (χ3v) is 4.15. The summed E-state index contributed by atoms with van der Waals surface area (Å²) in [4.78, 5) is 14.7. The first-order chi connectivity index (χ1) is 10.4. The van der Waals surface area contributed by atoms with Crippen LogP contribution in [0.5, 0.6) is 0 Å². The number of carboxylic acids is 1. The monoisotopic (exact) mass is 346 g/mol. The van der Waals surface area contributed by atoms with E-state index in [4.69, 9.17) is 33.0 Å². The van der Waals surface area contributed by atoms with Gasteiger partial charge in [-0.1, -0.05) is 23.2 Å². The fraction of sp³-hybridized carbons (Fsp3) is 0.533. The van der Waals surface area contributed by atoms with Crippen LogP contribution in [0.25, 0.3) is 0 Å². The largest absolute Gasteiger partial charge is 0.480 e. The van der Waals surface area contributed by atoms with Gasteiger partial charge in [-0.05, 0) is 30.8 Å². The third-order valence-electron chi connectivity index (χ3n) is 3.55. The van der Waals surface area contributed by atoms with Crippen LogP contribution in [0.1, 0.15) is 5.56 Å². The topological polar surface area (TPSA) is 53.0 Å². The van der Waals surface area contributed by atoms with Gasteiger partial charge in [0.15, 0.2) is 0 Å². The fourth-order valence-electron chi connectivity index (χ4n) is 2.58.